The average Bonchev–Trinajstić information content (AvgIpc) is 2.70. The third-order valence-electron chi connectivity index (χ3n) is 5.85. The number of ether oxygens (including phenoxy) is 2. The van der Waals surface area contributed by atoms with Crippen molar-refractivity contribution in [3.05, 3.63) is 81.3 Å². The number of fused-ring (bicyclic) bond motifs is 5. The summed E-state index contributed by atoms with van der Waals surface area (Å²) in [5, 5.41) is 4.82. The van der Waals surface area contributed by atoms with Gasteiger partial charge in [-0.25, -0.2) is 0 Å². The Kier molecular flexibility index (Phi) is 4.72. The van der Waals surface area contributed by atoms with E-state index in [1.807, 2.05) is 30.3 Å². The Morgan fingerprint density at radius 2 is 1.74 bits per heavy atom. The van der Waals surface area contributed by atoms with E-state index in [0.717, 1.165) is 45.0 Å². The molecule has 0 fully saturated rings. The van der Waals surface area contributed by atoms with Gasteiger partial charge in [0.25, 0.3) is 0 Å². The molecule has 0 aromatic heterocycles. The molecule has 3 aromatic carbocycles. The van der Waals surface area contributed by atoms with Gasteiger partial charge >= 0.3 is 0 Å². The van der Waals surface area contributed by atoms with Crippen LogP contribution in [-0.2, 0) is 0 Å². The first-order chi connectivity index (χ1) is 14.8. The summed E-state index contributed by atoms with van der Waals surface area (Å²) in [5.41, 5.74) is 7.36. The predicted octanol–water partition coefficient (Wildman–Crippen LogP) is 7.76. The third kappa shape index (κ3) is 3.37. The number of hydrogen-bond donors (Lipinski definition) is 1. The van der Waals surface area contributed by atoms with Gasteiger partial charge in [0.05, 0.1) is 18.2 Å². The maximum Gasteiger partial charge on any atom is 0.150 e. The Morgan fingerprint density at radius 1 is 1.00 bits per heavy atom. The second-order valence-corrected chi connectivity index (χ2v) is 9.53. The van der Waals surface area contributed by atoms with Crippen LogP contribution in [0.2, 0.25) is 10.0 Å². The molecule has 0 amide bonds. The molecule has 0 saturated heterocycles. The second kappa shape index (κ2) is 7.22. The number of rotatable bonds is 2. The fourth-order valence-electron chi connectivity index (χ4n) is 4.83. The van der Waals surface area contributed by atoms with Crippen LogP contribution in [0.25, 0.3) is 16.7 Å². The summed E-state index contributed by atoms with van der Waals surface area (Å²) < 4.78 is 12.3. The number of anilines is 1. The van der Waals surface area contributed by atoms with Crippen molar-refractivity contribution < 1.29 is 9.47 Å². The maximum absolute atomic E-state index is 6.61. The number of benzene rings is 3. The first-order valence-electron chi connectivity index (χ1n) is 10.2. The molecule has 2 aliphatic rings. The lowest BCUT2D eigenvalue weighted by molar-refractivity contribution is 0.242. The Bertz CT molecular complexity index is 1230. The minimum atomic E-state index is -0.355. The molecule has 0 aliphatic carbocycles. The lowest BCUT2D eigenvalue weighted by Crippen LogP contribution is -2.32. The highest BCUT2D eigenvalue weighted by molar-refractivity contribution is 6.34. The molecule has 2 aliphatic heterocycles. The van der Waals surface area contributed by atoms with Gasteiger partial charge in [0, 0.05) is 26.9 Å². The van der Waals surface area contributed by atoms with E-state index in [4.69, 9.17) is 32.7 Å². The van der Waals surface area contributed by atoms with Crippen molar-refractivity contribution in [3.8, 4) is 22.6 Å². The second-order valence-electron chi connectivity index (χ2n) is 8.66. The average molecular weight is 452 g/mol. The van der Waals surface area contributed by atoms with E-state index in [1.165, 1.54) is 5.57 Å². The highest BCUT2D eigenvalue weighted by Gasteiger charge is 2.35. The molecule has 158 valence electrons. The van der Waals surface area contributed by atoms with Gasteiger partial charge in [-0.05, 0) is 73.9 Å². The molecule has 31 heavy (non-hydrogen) atoms. The lowest BCUT2D eigenvalue weighted by atomic mass is 9.80. The zero-order valence-corrected chi connectivity index (χ0v) is 19.4. The van der Waals surface area contributed by atoms with Crippen molar-refractivity contribution in [2.75, 3.05) is 12.4 Å². The zero-order chi connectivity index (χ0) is 21.9. The van der Waals surface area contributed by atoms with E-state index in [0.29, 0.717) is 10.0 Å². The van der Waals surface area contributed by atoms with Crippen molar-refractivity contribution in [1.29, 1.82) is 0 Å². The smallest absolute Gasteiger partial charge is 0.150 e. The minimum absolute atomic E-state index is 0.134. The molecular formula is C26H23Cl2NO2. The summed E-state index contributed by atoms with van der Waals surface area (Å²) >= 11 is 12.7. The van der Waals surface area contributed by atoms with E-state index in [1.54, 1.807) is 13.2 Å². The van der Waals surface area contributed by atoms with Gasteiger partial charge in [-0.15, -0.1) is 0 Å². The normalized spacial score (nSPS) is 18.0. The van der Waals surface area contributed by atoms with Crippen LogP contribution < -0.4 is 14.8 Å². The molecule has 0 radical (unpaired) electrons. The van der Waals surface area contributed by atoms with E-state index in [-0.39, 0.29) is 11.6 Å². The molecule has 2 heterocycles. The first kappa shape index (κ1) is 20.3. The van der Waals surface area contributed by atoms with Crippen LogP contribution in [-0.4, -0.2) is 12.6 Å². The van der Waals surface area contributed by atoms with Crippen molar-refractivity contribution >= 4 is 34.5 Å². The van der Waals surface area contributed by atoms with Crippen LogP contribution >= 0.6 is 23.2 Å². The van der Waals surface area contributed by atoms with Crippen molar-refractivity contribution in [2.24, 2.45) is 0 Å². The fourth-order valence-corrected chi connectivity index (χ4v) is 5.37. The number of methoxy groups -OCH3 is 1. The summed E-state index contributed by atoms with van der Waals surface area (Å²) in [6, 6.07) is 15.8. The molecule has 3 aromatic rings. The molecule has 5 heteroatoms. The molecule has 3 nitrogen and oxygen atoms in total. The summed E-state index contributed by atoms with van der Waals surface area (Å²) in [5.74, 6) is 1.56. The Morgan fingerprint density at radius 3 is 2.45 bits per heavy atom. The van der Waals surface area contributed by atoms with Gasteiger partial charge in [0.1, 0.15) is 11.5 Å². The van der Waals surface area contributed by atoms with Crippen LogP contribution in [0.3, 0.4) is 0 Å². The monoisotopic (exact) mass is 451 g/mol. The van der Waals surface area contributed by atoms with E-state index in [9.17, 15) is 0 Å². The zero-order valence-electron chi connectivity index (χ0n) is 17.8. The lowest BCUT2D eigenvalue weighted by Gasteiger charge is -2.37. The molecule has 0 spiro atoms. The number of nitrogens with one attached hydrogen (secondary N) is 1. The Balaban J connectivity index is 1.84. The summed E-state index contributed by atoms with van der Waals surface area (Å²) in [6.45, 7) is 6.49. The van der Waals surface area contributed by atoms with Crippen molar-refractivity contribution in [2.45, 2.75) is 32.4 Å². The van der Waals surface area contributed by atoms with Gasteiger partial charge in [-0.3, -0.25) is 0 Å². The molecule has 0 unspecified atom stereocenters. The number of halogens is 2. The molecular weight excluding hydrogens is 429 g/mol. The summed E-state index contributed by atoms with van der Waals surface area (Å²) in [6.07, 6.45) is 1.90. The third-order valence-corrected chi connectivity index (χ3v) is 6.28. The largest absolute Gasteiger partial charge is 0.496 e. The standard InChI is InChI=1S/C26H23Cl2NO2/c1-14-13-26(2,3)29-19-9-8-18-23-20(30-4)6-5-7-21(23)31-25(24(18)22(14)19)15-10-16(27)12-17(28)11-15/h5-13,25,29H,1-4H3/t25-/m0/s1. The van der Waals surface area contributed by atoms with Crippen molar-refractivity contribution in [3.63, 3.8) is 0 Å². The van der Waals surface area contributed by atoms with Crippen LogP contribution in [0.5, 0.6) is 11.5 Å². The van der Waals surface area contributed by atoms with Gasteiger partial charge in [-0.2, -0.15) is 0 Å². The Labute approximate surface area is 192 Å². The maximum atomic E-state index is 6.61. The molecule has 1 atom stereocenters. The molecule has 0 bridgehead atoms. The van der Waals surface area contributed by atoms with Crippen LogP contribution in [0, 0.1) is 0 Å². The highest BCUT2D eigenvalue weighted by atomic mass is 35.5. The molecule has 1 N–H and O–H groups in total. The highest BCUT2D eigenvalue weighted by Crippen LogP contribution is 2.53. The Hall–Kier alpha value is -2.62. The fraction of sp³-hybridized carbons (Fsp3) is 0.231. The van der Waals surface area contributed by atoms with Crippen LogP contribution in [0.15, 0.2) is 54.6 Å². The molecule has 0 saturated carbocycles. The van der Waals surface area contributed by atoms with Crippen LogP contribution in [0.4, 0.5) is 5.69 Å². The SMILES string of the molecule is COc1cccc2c1-c1ccc3c(c1[C@H](c1cc(Cl)cc(Cl)c1)O2)C(C)=CC(C)(C)N3. The minimum Gasteiger partial charge on any atom is -0.496 e. The summed E-state index contributed by atoms with van der Waals surface area (Å²) in [4.78, 5) is 0. The van der Waals surface area contributed by atoms with Gasteiger partial charge < -0.3 is 14.8 Å². The van der Waals surface area contributed by atoms with E-state index in [2.05, 4.69) is 44.3 Å². The predicted molar refractivity (Wildman–Crippen MR) is 129 cm³/mol. The topological polar surface area (TPSA) is 30.5 Å². The molecule has 5 rings (SSSR count). The quantitative estimate of drug-likeness (QED) is 0.431. The number of hydrogen-bond acceptors (Lipinski definition) is 3. The van der Waals surface area contributed by atoms with Gasteiger partial charge in [-0.1, -0.05) is 41.4 Å². The van der Waals surface area contributed by atoms with Crippen LogP contribution in [0.1, 0.15) is 43.6 Å². The number of allylic oxidation sites excluding steroid dienone is 1. The van der Waals surface area contributed by atoms with E-state index >= 15 is 0 Å². The summed E-state index contributed by atoms with van der Waals surface area (Å²) in [7, 11) is 1.69. The van der Waals surface area contributed by atoms with E-state index < -0.39 is 0 Å². The first-order valence-corrected chi connectivity index (χ1v) is 11.0. The van der Waals surface area contributed by atoms with Crippen molar-refractivity contribution in [1.82, 2.24) is 0 Å². The van der Waals surface area contributed by atoms with Gasteiger partial charge in [0.15, 0.2) is 6.10 Å². The van der Waals surface area contributed by atoms with Gasteiger partial charge in [0.2, 0.25) is 0 Å².